The third-order valence-corrected chi connectivity index (χ3v) is 3.18. The quantitative estimate of drug-likeness (QED) is 0.572. The van der Waals surface area contributed by atoms with E-state index in [-0.39, 0.29) is 0 Å². The molecule has 0 saturated heterocycles. The lowest BCUT2D eigenvalue weighted by atomic mass is 10.5. The van der Waals surface area contributed by atoms with Gasteiger partial charge in [0.15, 0.2) is 0 Å². The van der Waals surface area contributed by atoms with Crippen LogP contribution in [0.4, 0.5) is 0 Å². The second kappa shape index (κ2) is 4.43. The van der Waals surface area contributed by atoms with E-state index in [0.717, 1.165) is 9.92 Å². The molecule has 0 N–H and O–H groups in total. The number of thiol groups is 2. The monoisotopic (exact) mass is 207 g/mol. The summed E-state index contributed by atoms with van der Waals surface area (Å²) in [6.45, 7) is 0. The van der Waals surface area contributed by atoms with Gasteiger partial charge in [-0.1, -0.05) is 10.8 Å². The summed E-state index contributed by atoms with van der Waals surface area (Å²) in [7, 11) is 2.72. The van der Waals surface area contributed by atoms with Crippen molar-refractivity contribution >= 4 is 44.9 Å². The van der Waals surface area contributed by atoms with Gasteiger partial charge in [0.25, 0.3) is 0 Å². The first-order valence-electron chi connectivity index (χ1n) is 2.46. The average molecular weight is 207 g/mol. The van der Waals surface area contributed by atoms with E-state index >= 15 is 0 Å². The second-order valence-corrected chi connectivity index (χ2v) is 3.78. The summed E-state index contributed by atoms with van der Waals surface area (Å²) in [5.74, 6) is 0. The summed E-state index contributed by atoms with van der Waals surface area (Å²) in [6.07, 6.45) is 1.74. The van der Waals surface area contributed by atoms with E-state index in [2.05, 4.69) is 28.3 Å². The van der Waals surface area contributed by atoms with Crippen molar-refractivity contribution < 1.29 is 0 Å². The maximum Gasteiger partial charge on any atom is 0.121 e. The van der Waals surface area contributed by atoms with Gasteiger partial charge in [0, 0.05) is 6.20 Å². The first kappa shape index (κ1) is 8.64. The third kappa shape index (κ3) is 2.02. The Kier molecular flexibility index (Phi) is 3.83. The number of rotatable bonds is 2. The topological polar surface area (TPSA) is 12.9 Å². The van der Waals surface area contributed by atoms with Gasteiger partial charge in [-0.05, 0) is 22.9 Å². The number of aromatic nitrogens is 1. The van der Waals surface area contributed by atoms with Gasteiger partial charge in [-0.25, -0.2) is 4.98 Å². The van der Waals surface area contributed by atoms with Crippen LogP contribution in [0.1, 0.15) is 0 Å². The smallest absolute Gasteiger partial charge is 0.121 e. The van der Waals surface area contributed by atoms with Gasteiger partial charge in [-0.3, -0.25) is 0 Å². The van der Waals surface area contributed by atoms with Crippen LogP contribution in [0.5, 0.6) is 0 Å². The fraction of sp³-hybridized carbons (Fsp3) is 0. The normalized spacial score (nSPS) is 9.80. The number of hydrogen-bond acceptors (Lipinski definition) is 5. The van der Waals surface area contributed by atoms with Crippen LogP contribution in [-0.4, -0.2) is 4.98 Å². The van der Waals surface area contributed by atoms with Gasteiger partial charge in [0.2, 0.25) is 0 Å². The Bertz CT molecular complexity index is 192. The predicted octanol–water partition coefficient (Wildman–Crippen LogP) is 2.96. The molecule has 0 aliphatic rings. The molecule has 0 atom stereocenters. The highest BCUT2D eigenvalue weighted by Gasteiger charge is 1.98. The fourth-order valence-corrected chi connectivity index (χ4v) is 2.55. The zero-order chi connectivity index (χ0) is 7.40. The molecule has 0 aliphatic heterocycles. The van der Waals surface area contributed by atoms with E-state index in [1.54, 1.807) is 6.20 Å². The van der Waals surface area contributed by atoms with Gasteiger partial charge in [-0.2, -0.15) is 0 Å². The van der Waals surface area contributed by atoms with Crippen LogP contribution in [0.3, 0.4) is 0 Å². The molecule has 0 unspecified atom stereocenters. The molecule has 1 nitrogen and oxygen atoms in total. The molecule has 1 aromatic rings. The molecule has 0 aromatic carbocycles. The van der Waals surface area contributed by atoms with E-state index in [0.29, 0.717) is 0 Å². The van der Waals surface area contributed by atoms with E-state index in [1.807, 2.05) is 12.1 Å². The largest absolute Gasteiger partial charge is 0.248 e. The van der Waals surface area contributed by atoms with E-state index in [4.69, 9.17) is 0 Å². The molecule has 0 bridgehead atoms. The molecule has 0 saturated carbocycles. The van der Waals surface area contributed by atoms with Gasteiger partial charge >= 0.3 is 0 Å². The molecular weight excluding hydrogens is 202 g/mol. The van der Waals surface area contributed by atoms with Crippen LogP contribution >= 0.6 is 44.9 Å². The molecule has 54 valence electrons. The zero-order valence-corrected chi connectivity index (χ0v) is 8.31. The van der Waals surface area contributed by atoms with Gasteiger partial charge in [0.1, 0.15) is 5.03 Å². The summed E-state index contributed by atoms with van der Waals surface area (Å²) < 4.78 is 0. The second-order valence-electron chi connectivity index (χ2n) is 1.49. The molecule has 1 heterocycles. The Morgan fingerprint density at radius 1 is 1.30 bits per heavy atom. The van der Waals surface area contributed by atoms with E-state index in [9.17, 15) is 0 Å². The number of nitrogens with zero attached hydrogens (tertiary/aromatic N) is 1. The number of pyridine rings is 1. The van der Waals surface area contributed by atoms with Crippen LogP contribution in [0.2, 0.25) is 0 Å². The van der Waals surface area contributed by atoms with Crippen LogP contribution in [-0.2, 0) is 0 Å². The molecule has 0 aliphatic carbocycles. The molecule has 5 heteroatoms. The lowest BCUT2D eigenvalue weighted by Gasteiger charge is -1.98. The van der Waals surface area contributed by atoms with Crippen molar-refractivity contribution in [3.8, 4) is 0 Å². The van der Waals surface area contributed by atoms with E-state index in [1.165, 1.54) is 21.6 Å². The highest BCUT2D eigenvalue weighted by atomic mass is 33.1. The number of hydrogen-bond donors (Lipinski definition) is 2. The van der Waals surface area contributed by atoms with Gasteiger partial charge < -0.3 is 0 Å². The molecule has 1 rings (SSSR count). The van der Waals surface area contributed by atoms with Gasteiger partial charge in [-0.15, -0.1) is 23.3 Å². The van der Waals surface area contributed by atoms with Crippen molar-refractivity contribution in [3.63, 3.8) is 0 Å². The van der Waals surface area contributed by atoms with Gasteiger partial charge in [0.05, 0.1) is 4.90 Å². The van der Waals surface area contributed by atoms with Crippen LogP contribution in [0.25, 0.3) is 0 Å². The van der Waals surface area contributed by atoms with Crippen LogP contribution in [0, 0.1) is 0 Å². The van der Waals surface area contributed by atoms with Crippen molar-refractivity contribution in [3.05, 3.63) is 18.3 Å². The minimum absolute atomic E-state index is 0.908. The van der Waals surface area contributed by atoms with Crippen molar-refractivity contribution in [2.45, 2.75) is 9.92 Å². The lowest BCUT2D eigenvalue weighted by Crippen LogP contribution is -1.77. The summed E-state index contributed by atoms with van der Waals surface area (Å²) in [5, 5.41) is 0.908. The van der Waals surface area contributed by atoms with Crippen LogP contribution < -0.4 is 0 Å². The van der Waals surface area contributed by atoms with Crippen molar-refractivity contribution in [1.82, 2.24) is 4.98 Å². The summed E-state index contributed by atoms with van der Waals surface area (Å²) in [4.78, 5) is 5.13. The van der Waals surface area contributed by atoms with Crippen molar-refractivity contribution in [2.75, 3.05) is 0 Å². The standard InChI is InChI=1S/C5H5NS4/c7-9-4-2-1-3-6-5(4)10-8/h1-3,7-8H. The third-order valence-electron chi connectivity index (χ3n) is 0.921. The summed E-state index contributed by atoms with van der Waals surface area (Å²) in [5.41, 5.74) is 0. The highest BCUT2D eigenvalue weighted by Crippen LogP contribution is 2.31. The molecule has 1 aromatic heterocycles. The Hall–Kier alpha value is 0.550. The Balaban J connectivity index is 2.96. The van der Waals surface area contributed by atoms with Crippen LogP contribution in [0.15, 0.2) is 28.3 Å². The first-order chi connectivity index (χ1) is 4.88. The maximum absolute atomic E-state index is 4.08. The van der Waals surface area contributed by atoms with Crippen molar-refractivity contribution in [1.29, 1.82) is 0 Å². The minimum Gasteiger partial charge on any atom is -0.248 e. The Morgan fingerprint density at radius 2 is 2.10 bits per heavy atom. The average Bonchev–Trinajstić information content (AvgIpc) is 2.04. The maximum atomic E-state index is 4.08. The zero-order valence-electron chi connectivity index (χ0n) is 4.89. The lowest BCUT2D eigenvalue weighted by molar-refractivity contribution is 1.04. The van der Waals surface area contributed by atoms with Crippen molar-refractivity contribution in [2.24, 2.45) is 0 Å². The molecule has 0 fully saturated rings. The summed E-state index contributed by atoms with van der Waals surface area (Å²) in [6, 6.07) is 3.84. The van der Waals surface area contributed by atoms with E-state index < -0.39 is 0 Å². The highest BCUT2D eigenvalue weighted by molar-refractivity contribution is 8.70. The molecule has 0 spiro atoms. The summed E-state index contributed by atoms with van der Waals surface area (Å²) >= 11 is 8.10. The Labute approximate surface area is 78.0 Å². The fourth-order valence-electron chi connectivity index (χ4n) is 0.514. The Morgan fingerprint density at radius 3 is 2.60 bits per heavy atom. The molecular formula is C5H5NS4. The first-order valence-corrected chi connectivity index (χ1v) is 6.20. The molecule has 0 amide bonds. The predicted molar refractivity (Wildman–Crippen MR) is 53.9 cm³/mol. The molecule has 0 radical (unpaired) electrons. The SMILES string of the molecule is SSc1cccnc1SS. The molecule has 10 heavy (non-hydrogen) atoms. The minimum atomic E-state index is 0.908.